The zero-order chi connectivity index (χ0) is 14.5. The van der Waals surface area contributed by atoms with Gasteiger partial charge in [0.05, 0.1) is 0 Å². The molecule has 21 heavy (non-hydrogen) atoms. The first-order valence-corrected chi connectivity index (χ1v) is 8.76. The molecule has 2 aliphatic carbocycles. The van der Waals surface area contributed by atoms with E-state index in [-0.39, 0.29) is 6.61 Å². The van der Waals surface area contributed by atoms with Gasteiger partial charge in [-0.1, -0.05) is 43.2 Å². The molecule has 1 aromatic rings. The van der Waals surface area contributed by atoms with Crippen LogP contribution in [0.2, 0.25) is 0 Å². The van der Waals surface area contributed by atoms with Gasteiger partial charge in [-0.25, -0.2) is 0 Å². The van der Waals surface area contributed by atoms with Gasteiger partial charge in [-0.3, -0.25) is 0 Å². The van der Waals surface area contributed by atoms with Crippen LogP contribution in [-0.4, -0.2) is 24.3 Å². The number of aliphatic hydroxyl groups is 1. The maximum atomic E-state index is 9.33. The lowest BCUT2D eigenvalue weighted by Crippen LogP contribution is -2.37. The van der Waals surface area contributed by atoms with E-state index in [1.54, 1.807) is 0 Å². The Kier molecular flexibility index (Phi) is 5.32. The van der Waals surface area contributed by atoms with E-state index >= 15 is 0 Å². The Bertz CT molecular complexity index is 415. The summed E-state index contributed by atoms with van der Waals surface area (Å²) >= 11 is 0. The monoisotopic (exact) mass is 287 g/mol. The zero-order valence-corrected chi connectivity index (χ0v) is 13.0. The van der Waals surface area contributed by atoms with E-state index in [0.29, 0.717) is 12.0 Å². The van der Waals surface area contributed by atoms with Crippen molar-refractivity contribution in [1.29, 1.82) is 0 Å². The van der Waals surface area contributed by atoms with Gasteiger partial charge in [-0.15, -0.1) is 0 Å². The topological polar surface area (TPSA) is 32.3 Å². The quantitative estimate of drug-likeness (QED) is 0.801. The number of hydrogen-bond donors (Lipinski definition) is 2. The molecule has 0 aromatic heterocycles. The van der Waals surface area contributed by atoms with Gasteiger partial charge in [0.2, 0.25) is 0 Å². The fourth-order valence-corrected chi connectivity index (χ4v) is 3.99. The number of aliphatic hydroxyl groups excluding tert-OH is 1. The average Bonchev–Trinajstić information content (AvgIpc) is 3.37. The Balaban J connectivity index is 1.51. The molecule has 3 rings (SSSR count). The fraction of sp³-hybridized carbons (Fsp3) is 0.684. The summed E-state index contributed by atoms with van der Waals surface area (Å²) in [4.78, 5) is 0. The summed E-state index contributed by atoms with van der Waals surface area (Å²) in [6.45, 7) is 1.28. The van der Waals surface area contributed by atoms with Crippen LogP contribution in [0.1, 0.15) is 56.4 Å². The van der Waals surface area contributed by atoms with E-state index in [0.717, 1.165) is 24.8 Å². The second-order valence-electron chi connectivity index (χ2n) is 6.99. The maximum absolute atomic E-state index is 9.33. The van der Waals surface area contributed by atoms with Crippen LogP contribution in [0.4, 0.5) is 0 Å². The van der Waals surface area contributed by atoms with Crippen molar-refractivity contribution in [2.75, 3.05) is 13.2 Å². The highest BCUT2D eigenvalue weighted by Gasteiger charge is 2.34. The average molecular weight is 287 g/mol. The van der Waals surface area contributed by atoms with E-state index in [4.69, 9.17) is 0 Å². The van der Waals surface area contributed by atoms with Crippen LogP contribution in [-0.2, 0) is 0 Å². The minimum Gasteiger partial charge on any atom is -0.396 e. The smallest absolute Gasteiger partial charge is 0.0437 e. The molecule has 116 valence electrons. The molecular weight excluding hydrogens is 258 g/mol. The molecule has 3 atom stereocenters. The molecule has 2 aliphatic rings. The highest BCUT2D eigenvalue weighted by molar-refractivity contribution is 5.19. The molecule has 3 unspecified atom stereocenters. The van der Waals surface area contributed by atoms with Gasteiger partial charge in [-0.05, 0) is 55.4 Å². The van der Waals surface area contributed by atoms with Crippen LogP contribution in [0.5, 0.6) is 0 Å². The lowest BCUT2D eigenvalue weighted by molar-refractivity contribution is 0.246. The summed E-state index contributed by atoms with van der Waals surface area (Å²) in [6, 6.07) is 11.3. The summed E-state index contributed by atoms with van der Waals surface area (Å²) < 4.78 is 0. The first kappa shape index (κ1) is 15.1. The third-order valence-corrected chi connectivity index (χ3v) is 5.40. The summed E-state index contributed by atoms with van der Waals surface area (Å²) in [5.41, 5.74) is 1.36. The van der Waals surface area contributed by atoms with Gasteiger partial charge in [0.15, 0.2) is 0 Å². The molecule has 2 heteroatoms. The lowest BCUT2D eigenvalue weighted by atomic mass is 9.82. The number of rotatable bonds is 7. The number of benzene rings is 1. The predicted octanol–water partition coefficient (Wildman–Crippen LogP) is 3.71. The van der Waals surface area contributed by atoms with Crippen molar-refractivity contribution < 1.29 is 5.11 Å². The fourth-order valence-electron chi connectivity index (χ4n) is 3.99. The molecule has 0 amide bonds. The minimum absolute atomic E-state index is 0.274. The Hall–Kier alpha value is -0.860. The minimum atomic E-state index is 0.274. The molecule has 0 spiro atoms. The molecule has 2 saturated carbocycles. The zero-order valence-electron chi connectivity index (χ0n) is 13.0. The van der Waals surface area contributed by atoms with Crippen molar-refractivity contribution in [3.63, 3.8) is 0 Å². The van der Waals surface area contributed by atoms with Gasteiger partial charge in [0.25, 0.3) is 0 Å². The van der Waals surface area contributed by atoms with E-state index in [1.165, 1.54) is 44.1 Å². The summed E-state index contributed by atoms with van der Waals surface area (Å²) in [7, 11) is 0. The van der Waals surface area contributed by atoms with E-state index in [9.17, 15) is 5.11 Å². The van der Waals surface area contributed by atoms with Gasteiger partial charge in [0.1, 0.15) is 0 Å². The summed E-state index contributed by atoms with van der Waals surface area (Å²) in [6.07, 6.45) is 9.39. The van der Waals surface area contributed by atoms with Crippen LogP contribution in [0.25, 0.3) is 0 Å². The van der Waals surface area contributed by atoms with Crippen LogP contribution in [0, 0.1) is 11.8 Å². The van der Waals surface area contributed by atoms with Gasteiger partial charge < -0.3 is 10.4 Å². The highest BCUT2D eigenvalue weighted by Crippen LogP contribution is 2.43. The summed E-state index contributed by atoms with van der Waals surface area (Å²) in [5.74, 6) is 2.48. The van der Waals surface area contributed by atoms with Crippen LogP contribution >= 0.6 is 0 Å². The first-order chi connectivity index (χ1) is 10.4. The third-order valence-electron chi connectivity index (χ3n) is 5.40. The van der Waals surface area contributed by atoms with Crippen molar-refractivity contribution in [2.24, 2.45) is 11.8 Å². The normalized spacial score (nSPS) is 27.5. The largest absolute Gasteiger partial charge is 0.396 e. The molecule has 0 aliphatic heterocycles. The lowest BCUT2D eigenvalue weighted by Gasteiger charge is -2.31. The molecule has 0 bridgehead atoms. The van der Waals surface area contributed by atoms with Crippen LogP contribution in [0.3, 0.4) is 0 Å². The predicted molar refractivity (Wildman–Crippen MR) is 87.4 cm³/mol. The van der Waals surface area contributed by atoms with E-state index in [1.807, 2.05) is 0 Å². The van der Waals surface area contributed by atoms with Gasteiger partial charge in [0, 0.05) is 19.2 Å². The molecule has 0 heterocycles. The second-order valence-corrected chi connectivity index (χ2v) is 6.99. The van der Waals surface area contributed by atoms with E-state index < -0.39 is 0 Å². The second kappa shape index (κ2) is 7.42. The maximum Gasteiger partial charge on any atom is 0.0437 e. The Labute approximate surface area is 129 Å². The van der Waals surface area contributed by atoms with Crippen molar-refractivity contribution in [2.45, 2.75) is 56.9 Å². The van der Waals surface area contributed by atoms with Crippen molar-refractivity contribution in [3.05, 3.63) is 35.9 Å². The molecule has 2 N–H and O–H groups in total. The molecule has 0 saturated heterocycles. The molecule has 2 fully saturated rings. The van der Waals surface area contributed by atoms with Crippen LogP contribution < -0.4 is 5.32 Å². The Morgan fingerprint density at radius 2 is 1.86 bits per heavy atom. The van der Waals surface area contributed by atoms with Crippen molar-refractivity contribution in [1.82, 2.24) is 5.32 Å². The highest BCUT2D eigenvalue weighted by atomic mass is 16.3. The van der Waals surface area contributed by atoms with Crippen molar-refractivity contribution in [3.8, 4) is 0 Å². The Morgan fingerprint density at radius 3 is 2.57 bits per heavy atom. The van der Waals surface area contributed by atoms with Gasteiger partial charge >= 0.3 is 0 Å². The third kappa shape index (κ3) is 4.31. The number of nitrogens with one attached hydrogen (secondary N) is 1. The SMILES string of the molecule is OCCC(CNC1CCCC(C2CC2)C1)c1ccccc1. The molecule has 1 aromatic carbocycles. The Morgan fingerprint density at radius 1 is 1.05 bits per heavy atom. The van der Waals surface area contributed by atoms with E-state index in [2.05, 4.69) is 35.6 Å². The molecular formula is C19H29NO. The van der Waals surface area contributed by atoms with Gasteiger partial charge in [-0.2, -0.15) is 0 Å². The molecule has 2 nitrogen and oxygen atoms in total. The van der Waals surface area contributed by atoms with Crippen LogP contribution in [0.15, 0.2) is 30.3 Å². The molecule has 0 radical (unpaired) electrons. The first-order valence-electron chi connectivity index (χ1n) is 8.76. The summed E-state index contributed by atoms with van der Waals surface area (Å²) in [5, 5.41) is 13.1. The van der Waals surface area contributed by atoms with Crippen molar-refractivity contribution >= 4 is 0 Å². The standard InChI is InChI=1S/C19H29NO/c21-12-11-18(15-5-2-1-3-6-15)14-20-19-8-4-7-17(13-19)16-9-10-16/h1-3,5-6,16-21H,4,7-14H2. The number of hydrogen-bond acceptors (Lipinski definition) is 2.